The molecule has 1 aromatic heterocycles. The van der Waals surface area contributed by atoms with Gasteiger partial charge in [0.25, 0.3) is 0 Å². The number of aromatic nitrogens is 2. The number of ether oxygens (including phenoxy) is 1. The molecule has 25 heavy (non-hydrogen) atoms. The summed E-state index contributed by atoms with van der Waals surface area (Å²) in [6, 6.07) is -0.369. The number of likely N-dealkylation sites (tertiary alicyclic amines) is 1. The second kappa shape index (κ2) is 8.29. The lowest BCUT2D eigenvalue weighted by Gasteiger charge is -2.48. The van der Waals surface area contributed by atoms with E-state index < -0.39 is 0 Å². The van der Waals surface area contributed by atoms with Crippen LogP contribution in [-0.2, 0) is 16.6 Å². The third-order valence-electron chi connectivity index (χ3n) is 5.65. The minimum Gasteiger partial charge on any atom is -0.381 e. The fourth-order valence-corrected chi connectivity index (χ4v) is 4.12. The summed E-state index contributed by atoms with van der Waals surface area (Å²) in [4.78, 5) is 15.4. The van der Waals surface area contributed by atoms with E-state index in [1.54, 1.807) is 10.9 Å². The molecule has 0 bridgehead atoms. The lowest BCUT2D eigenvalue weighted by atomic mass is 9.86. The summed E-state index contributed by atoms with van der Waals surface area (Å²) in [5.74, 6) is 0.0124. The van der Waals surface area contributed by atoms with Gasteiger partial charge in [-0.15, -0.1) is 0 Å². The van der Waals surface area contributed by atoms with E-state index >= 15 is 0 Å². The number of hydrogen-bond donors (Lipinski definition) is 2. The third kappa shape index (κ3) is 4.22. The number of aryl methyl sites for hydroxylation is 1. The first-order valence-electron chi connectivity index (χ1n) is 9.41. The minimum atomic E-state index is -0.369. The lowest BCUT2D eigenvalue weighted by molar-refractivity contribution is -0.124. The van der Waals surface area contributed by atoms with Gasteiger partial charge in [0.1, 0.15) is 6.04 Å². The summed E-state index contributed by atoms with van der Waals surface area (Å²) in [5.41, 5.74) is 0.933. The van der Waals surface area contributed by atoms with Crippen molar-refractivity contribution in [1.82, 2.24) is 25.3 Å². The average molecular weight is 349 g/mol. The van der Waals surface area contributed by atoms with Crippen molar-refractivity contribution in [3.8, 4) is 0 Å². The second-order valence-corrected chi connectivity index (χ2v) is 7.27. The van der Waals surface area contributed by atoms with Crippen molar-refractivity contribution in [2.24, 2.45) is 7.05 Å². The van der Waals surface area contributed by atoms with Crippen LogP contribution in [0.1, 0.15) is 43.7 Å². The Labute approximate surface area is 150 Å². The average Bonchev–Trinajstić information content (AvgIpc) is 3.08. The van der Waals surface area contributed by atoms with Crippen molar-refractivity contribution in [3.63, 3.8) is 0 Å². The van der Waals surface area contributed by atoms with E-state index in [9.17, 15) is 4.79 Å². The van der Waals surface area contributed by atoms with Gasteiger partial charge in [-0.05, 0) is 45.8 Å². The summed E-state index contributed by atoms with van der Waals surface area (Å²) < 4.78 is 7.32. The van der Waals surface area contributed by atoms with E-state index in [0.29, 0.717) is 6.54 Å². The highest BCUT2D eigenvalue weighted by Gasteiger charge is 2.39. The van der Waals surface area contributed by atoms with Crippen molar-refractivity contribution in [2.75, 3.05) is 39.9 Å². The number of amides is 1. The van der Waals surface area contributed by atoms with E-state index in [1.807, 2.05) is 20.3 Å². The molecule has 140 valence electrons. The number of nitrogens with one attached hydrogen (secondary N) is 2. The Kier molecular flexibility index (Phi) is 6.09. The van der Waals surface area contributed by atoms with Gasteiger partial charge < -0.3 is 15.4 Å². The molecule has 2 N–H and O–H groups in total. The minimum absolute atomic E-state index is 0.0124. The smallest absolute Gasteiger partial charge is 0.241 e. The van der Waals surface area contributed by atoms with Crippen LogP contribution in [0.25, 0.3) is 0 Å². The van der Waals surface area contributed by atoms with Gasteiger partial charge in [-0.1, -0.05) is 6.42 Å². The molecular formula is C18H31N5O2. The number of carbonyl (C=O) groups is 1. The molecule has 2 fully saturated rings. The van der Waals surface area contributed by atoms with Gasteiger partial charge >= 0.3 is 0 Å². The summed E-state index contributed by atoms with van der Waals surface area (Å²) in [7, 11) is 3.67. The highest BCUT2D eigenvalue weighted by atomic mass is 16.5. The fraction of sp³-hybridized carbons (Fsp3) is 0.778. The highest BCUT2D eigenvalue weighted by Crippen LogP contribution is 2.30. The molecule has 1 aromatic rings. The summed E-state index contributed by atoms with van der Waals surface area (Å²) >= 11 is 0. The Balaban J connectivity index is 1.66. The van der Waals surface area contributed by atoms with Crippen molar-refractivity contribution in [3.05, 3.63) is 18.0 Å². The number of rotatable bonds is 6. The molecule has 3 rings (SSSR count). The second-order valence-electron chi connectivity index (χ2n) is 7.27. The molecule has 0 aliphatic carbocycles. The Bertz CT molecular complexity index is 562. The Morgan fingerprint density at radius 1 is 1.32 bits per heavy atom. The lowest BCUT2D eigenvalue weighted by Crippen LogP contribution is -2.60. The standard InChI is InChI=1S/C18H31N5O2/c1-19-16(15-12-21-22(2)13-15)17(24)20-14-18(6-10-25-11-7-18)23-8-4-3-5-9-23/h12-13,16,19H,3-11,14H2,1-2H3,(H,20,24). The third-order valence-corrected chi connectivity index (χ3v) is 5.65. The molecule has 7 heteroatoms. The molecule has 0 radical (unpaired) electrons. The van der Waals surface area contributed by atoms with E-state index in [4.69, 9.17) is 4.74 Å². The molecule has 1 unspecified atom stereocenters. The maximum Gasteiger partial charge on any atom is 0.241 e. The van der Waals surface area contributed by atoms with Gasteiger partial charge in [0.05, 0.1) is 6.20 Å². The van der Waals surface area contributed by atoms with Crippen LogP contribution < -0.4 is 10.6 Å². The van der Waals surface area contributed by atoms with Crippen molar-refractivity contribution in [1.29, 1.82) is 0 Å². The summed E-state index contributed by atoms with van der Waals surface area (Å²) in [5, 5.41) is 10.5. The van der Waals surface area contributed by atoms with Crippen molar-refractivity contribution in [2.45, 2.75) is 43.7 Å². The highest BCUT2D eigenvalue weighted by molar-refractivity contribution is 5.83. The van der Waals surface area contributed by atoms with Gasteiger partial charge in [-0.3, -0.25) is 14.4 Å². The Morgan fingerprint density at radius 2 is 2.04 bits per heavy atom. The number of nitrogens with zero attached hydrogens (tertiary/aromatic N) is 3. The summed E-state index contributed by atoms with van der Waals surface area (Å²) in [6.45, 7) is 4.52. The zero-order valence-corrected chi connectivity index (χ0v) is 15.5. The quantitative estimate of drug-likeness (QED) is 0.796. The maximum absolute atomic E-state index is 12.8. The first-order chi connectivity index (χ1) is 12.1. The number of piperidine rings is 1. The van der Waals surface area contributed by atoms with Crippen molar-refractivity contribution < 1.29 is 9.53 Å². The van der Waals surface area contributed by atoms with Crippen LogP contribution in [0.4, 0.5) is 0 Å². The topological polar surface area (TPSA) is 71.4 Å². The van der Waals surface area contributed by atoms with E-state index in [0.717, 1.165) is 44.7 Å². The van der Waals surface area contributed by atoms with Crippen molar-refractivity contribution >= 4 is 5.91 Å². The number of carbonyl (C=O) groups excluding carboxylic acids is 1. The molecule has 0 spiro atoms. The van der Waals surface area contributed by atoms with E-state index in [1.165, 1.54) is 19.3 Å². The van der Waals surface area contributed by atoms with Gasteiger partial charge in [0, 0.05) is 44.1 Å². The van der Waals surface area contributed by atoms with Gasteiger partial charge in [-0.25, -0.2) is 0 Å². The van der Waals surface area contributed by atoms with Crippen LogP contribution in [-0.4, -0.2) is 66.0 Å². The van der Waals surface area contributed by atoms with Crippen LogP contribution in [0.15, 0.2) is 12.4 Å². The van der Waals surface area contributed by atoms with E-state index in [2.05, 4.69) is 20.6 Å². The molecule has 7 nitrogen and oxygen atoms in total. The molecule has 2 aliphatic heterocycles. The largest absolute Gasteiger partial charge is 0.381 e. The van der Waals surface area contributed by atoms with Gasteiger partial charge in [-0.2, -0.15) is 5.10 Å². The van der Waals surface area contributed by atoms with Gasteiger partial charge in [0.15, 0.2) is 0 Å². The zero-order valence-electron chi connectivity index (χ0n) is 15.5. The normalized spacial score (nSPS) is 22.5. The van der Waals surface area contributed by atoms with Crippen LogP contribution in [0.3, 0.4) is 0 Å². The predicted molar refractivity (Wildman–Crippen MR) is 96.2 cm³/mol. The monoisotopic (exact) mass is 349 g/mol. The van der Waals surface area contributed by atoms with Crippen LogP contribution in [0, 0.1) is 0 Å². The number of hydrogen-bond acceptors (Lipinski definition) is 5. The summed E-state index contributed by atoms with van der Waals surface area (Å²) in [6.07, 6.45) is 9.44. The maximum atomic E-state index is 12.8. The molecule has 2 aliphatic rings. The van der Waals surface area contributed by atoms with Crippen LogP contribution >= 0.6 is 0 Å². The zero-order chi connectivity index (χ0) is 17.7. The Morgan fingerprint density at radius 3 is 2.64 bits per heavy atom. The molecule has 0 aromatic carbocycles. The first-order valence-corrected chi connectivity index (χ1v) is 9.41. The number of likely N-dealkylation sites (N-methyl/N-ethyl adjacent to an activating group) is 1. The molecule has 2 saturated heterocycles. The Hall–Kier alpha value is -1.44. The molecule has 0 saturated carbocycles. The fourth-order valence-electron chi connectivity index (χ4n) is 4.12. The molecule has 1 atom stereocenters. The van der Waals surface area contributed by atoms with E-state index in [-0.39, 0.29) is 17.5 Å². The SMILES string of the molecule is CNC(C(=O)NCC1(N2CCCCC2)CCOCC1)c1cnn(C)c1. The molecule has 1 amide bonds. The predicted octanol–water partition coefficient (Wildman–Crippen LogP) is 0.832. The van der Waals surface area contributed by atoms with Crippen LogP contribution in [0.2, 0.25) is 0 Å². The van der Waals surface area contributed by atoms with Crippen LogP contribution in [0.5, 0.6) is 0 Å². The molecule has 3 heterocycles. The molecular weight excluding hydrogens is 318 g/mol. The van der Waals surface area contributed by atoms with Gasteiger partial charge in [0.2, 0.25) is 5.91 Å². The first kappa shape index (κ1) is 18.4.